The number of hydrogen-bond donors (Lipinski definition) is 2. The van der Waals surface area contributed by atoms with Crippen molar-refractivity contribution in [2.24, 2.45) is 0 Å². The summed E-state index contributed by atoms with van der Waals surface area (Å²) >= 11 is 9.38. The summed E-state index contributed by atoms with van der Waals surface area (Å²) in [6, 6.07) is 10.6. The van der Waals surface area contributed by atoms with E-state index in [0.717, 1.165) is 11.4 Å². The number of benzene rings is 2. The summed E-state index contributed by atoms with van der Waals surface area (Å²) in [6.07, 6.45) is 0.668. The van der Waals surface area contributed by atoms with Gasteiger partial charge in [0.25, 0.3) is 5.56 Å². The third-order valence-corrected chi connectivity index (χ3v) is 5.10. The van der Waals surface area contributed by atoms with Crippen LogP contribution >= 0.6 is 27.5 Å². The third kappa shape index (κ3) is 4.17. The molecule has 0 bridgehead atoms. The molecule has 0 amide bonds. The SMILES string of the molecule is COc1ccc(NC[C@@H](O)Cn2cnc3cc(Br)c(Cl)cc3c2=O)cc1. The Kier molecular flexibility index (Phi) is 5.80. The van der Waals surface area contributed by atoms with Gasteiger partial charge in [-0.15, -0.1) is 0 Å². The van der Waals surface area contributed by atoms with Crippen molar-refractivity contribution < 1.29 is 9.84 Å². The summed E-state index contributed by atoms with van der Waals surface area (Å²) in [4.78, 5) is 16.8. The Morgan fingerprint density at radius 1 is 1.35 bits per heavy atom. The van der Waals surface area contributed by atoms with Gasteiger partial charge in [-0.1, -0.05) is 11.6 Å². The Bertz CT molecular complexity index is 976. The van der Waals surface area contributed by atoms with Crippen LogP contribution in [0.15, 0.2) is 52.0 Å². The Labute approximate surface area is 163 Å². The second kappa shape index (κ2) is 8.07. The molecule has 3 aromatic rings. The maximum Gasteiger partial charge on any atom is 0.261 e. The highest BCUT2D eigenvalue weighted by atomic mass is 79.9. The van der Waals surface area contributed by atoms with Gasteiger partial charge in [0, 0.05) is 16.7 Å². The number of nitrogens with zero attached hydrogens (tertiary/aromatic N) is 2. The van der Waals surface area contributed by atoms with Crippen LogP contribution in [0, 0.1) is 0 Å². The molecule has 0 unspecified atom stereocenters. The van der Waals surface area contributed by atoms with E-state index in [2.05, 4.69) is 26.2 Å². The first-order valence-electron chi connectivity index (χ1n) is 7.88. The van der Waals surface area contributed by atoms with Crippen molar-refractivity contribution in [3.63, 3.8) is 0 Å². The van der Waals surface area contributed by atoms with Crippen molar-refractivity contribution in [3.05, 3.63) is 62.6 Å². The number of fused-ring (bicyclic) bond motifs is 1. The normalized spacial score (nSPS) is 12.2. The molecule has 0 aliphatic carbocycles. The average Bonchev–Trinajstić information content (AvgIpc) is 2.64. The summed E-state index contributed by atoms with van der Waals surface area (Å²) in [7, 11) is 1.60. The number of rotatable bonds is 6. The van der Waals surface area contributed by atoms with Crippen molar-refractivity contribution in [1.82, 2.24) is 9.55 Å². The van der Waals surface area contributed by atoms with Gasteiger partial charge in [0.2, 0.25) is 0 Å². The predicted octanol–water partition coefficient (Wildman–Crippen LogP) is 3.29. The molecular formula is C18H17BrClN3O3. The van der Waals surface area contributed by atoms with Crippen LogP contribution in [0.2, 0.25) is 5.02 Å². The van der Waals surface area contributed by atoms with Crippen LogP contribution in [0.1, 0.15) is 0 Å². The number of ether oxygens (including phenoxy) is 1. The van der Waals surface area contributed by atoms with Gasteiger partial charge in [-0.3, -0.25) is 9.36 Å². The predicted molar refractivity (Wildman–Crippen MR) is 106 cm³/mol. The molecule has 0 aliphatic rings. The van der Waals surface area contributed by atoms with E-state index in [4.69, 9.17) is 16.3 Å². The van der Waals surface area contributed by atoms with E-state index in [1.807, 2.05) is 24.3 Å². The number of aliphatic hydroxyl groups excluding tert-OH is 1. The molecule has 1 heterocycles. The summed E-state index contributed by atoms with van der Waals surface area (Å²) in [5.74, 6) is 0.759. The van der Waals surface area contributed by atoms with E-state index in [1.165, 1.54) is 10.9 Å². The monoisotopic (exact) mass is 437 g/mol. The van der Waals surface area contributed by atoms with Crippen LogP contribution in [0.25, 0.3) is 10.9 Å². The molecule has 0 fully saturated rings. The molecule has 0 radical (unpaired) electrons. The van der Waals surface area contributed by atoms with Crippen LogP contribution in [0.4, 0.5) is 5.69 Å². The minimum absolute atomic E-state index is 0.124. The summed E-state index contributed by atoms with van der Waals surface area (Å²) in [5, 5.41) is 14.2. The maximum atomic E-state index is 12.6. The molecule has 2 aromatic carbocycles. The molecular weight excluding hydrogens is 422 g/mol. The number of hydrogen-bond acceptors (Lipinski definition) is 5. The maximum absolute atomic E-state index is 12.6. The zero-order valence-electron chi connectivity index (χ0n) is 13.9. The number of methoxy groups -OCH3 is 1. The number of aromatic nitrogens is 2. The topological polar surface area (TPSA) is 76.4 Å². The van der Waals surface area contributed by atoms with Gasteiger partial charge in [0.1, 0.15) is 5.75 Å². The Morgan fingerprint density at radius 2 is 2.08 bits per heavy atom. The van der Waals surface area contributed by atoms with E-state index < -0.39 is 6.10 Å². The lowest BCUT2D eigenvalue weighted by atomic mass is 10.2. The van der Waals surface area contributed by atoms with Crippen LogP contribution in [-0.2, 0) is 6.54 Å². The molecule has 1 aromatic heterocycles. The van der Waals surface area contributed by atoms with Gasteiger partial charge < -0.3 is 15.2 Å². The van der Waals surface area contributed by atoms with Crippen molar-refractivity contribution in [2.75, 3.05) is 19.0 Å². The number of anilines is 1. The zero-order valence-corrected chi connectivity index (χ0v) is 16.3. The van der Waals surface area contributed by atoms with E-state index in [-0.39, 0.29) is 18.6 Å². The lowest BCUT2D eigenvalue weighted by Crippen LogP contribution is -2.31. The number of halogens is 2. The van der Waals surface area contributed by atoms with Gasteiger partial charge >= 0.3 is 0 Å². The van der Waals surface area contributed by atoms with Crippen LogP contribution < -0.4 is 15.6 Å². The molecule has 26 heavy (non-hydrogen) atoms. The molecule has 0 spiro atoms. The first-order chi connectivity index (χ1) is 12.5. The lowest BCUT2D eigenvalue weighted by Gasteiger charge is -2.15. The average molecular weight is 439 g/mol. The molecule has 3 rings (SSSR count). The van der Waals surface area contributed by atoms with Crippen LogP contribution in [0.3, 0.4) is 0 Å². The highest BCUT2D eigenvalue weighted by molar-refractivity contribution is 9.10. The first kappa shape index (κ1) is 18.7. The number of aliphatic hydroxyl groups is 1. The minimum atomic E-state index is -0.764. The molecule has 0 saturated heterocycles. The fraction of sp³-hybridized carbons (Fsp3) is 0.222. The second-order valence-corrected chi connectivity index (χ2v) is 7.01. The van der Waals surface area contributed by atoms with Crippen LogP contribution in [-0.4, -0.2) is 34.4 Å². The van der Waals surface area contributed by atoms with Gasteiger partial charge in [-0.25, -0.2) is 4.98 Å². The first-order valence-corrected chi connectivity index (χ1v) is 9.05. The van der Waals surface area contributed by atoms with E-state index in [0.29, 0.717) is 20.4 Å². The smallest absolute Gasteiger partial charge is 0.261 e. The third-order valence-electron chi connectivity index (χ3n) is 3.91. The Hall–Kier alpha value is -2.09. The molecule has 1 atom stereocenters. The largest absolute Gasteiger partial charge is 0.497 e. The molecule has 6 nitrogen and oxygen atoms in total. The summed E-state index contributed by atoms with van der Waals surface area (Å²) in [5.41, 5.74) is 1.16. The van der Waals surface area contributed by atoms with E-state index in [9.17, 15) is 9.90 Å². The lowest BCUT2D eigenvalue weighted by molar-refractivity contribution is 0.165. The summed E-state index contributed by atoms with van der Waals surface area (Å²) in [6.45, 7) is 0.413. The highest BCUT2D eigenvalue weighted by Gasteiger charge is 2.11. The molecule has 8 heteroatoms. The van der Waals surface area contributed by atoms with Crippen molar-refractivity contribution >= 4 is 44.1 Å². The second-order valence-electron chi connectivity index (χ2n) is 5.75. The van der Waals surface area contributed by atoms with Gasteiger partial charge in [0.15, 0.2) is 0 Å². The molecule has 0 aliphatic heterocycles. The fourth-order valence-corrected chi connectivity index (χ4v) is 3.01. The fourth-order valence-electron chi connectivity index (χ4n) is 2.52. The zero-order chi connectivity index (χ0) is 18.7. The van der Waals surface area contributed by atoms with Gasteiger partial charge in [-0.2, -0.15) is 0 Å². The standard InChI is InChI=1S/C18H17BrClN3O3/c1-26-13-4-2-11(3-5-13)21-8-12(24)9-23-10-22-17-7-15(19)16(20)6-14(17)18(23)25/h2-7,10,12,21,24H,8-9H2,1H3/t12-/m1/s1. The Balaban J connectivity index is 1.70. The summed E-state index contributed by atoms with van der Waals surface area (Å²) < 4.78 is 7.17. The minimum Gasteiger partial charge on any atom is -0.497 e. The van der Waals surface area contributed by atoms with E-state index in [1.54, 1.807) is 19.2 Å². The molecule has 0 saturated carbocycles. The van der Waals surface area contributed by atoms with Gasteiger partial charge in [-0.05, 0) is 52.3 Å². The highest BCUT2D eigenvalue weighted by Crippen LogP contribution is 2.25. The van der Waals surface area contributed by atoms with Gasteiger partial charge in [0.05, 0.1) is 42.0 Å². The Morgan fingerprint density at radius 3 is 2.77 bits per heavy atom. The van der Waals surface area contributed by atoms with Crippen molar-refractivity contribution in [2.45, 2.75) is 12.6 Å². The van der Waals surface area contributed by atoms with Crippen molar-refractivity contribution in [1.29, 1.82) is 0 Å². The molecule has 136 valence electrons. The quantitative estimate of drug-likeness (QED) is 0.618. The van der Waals surface area contributed by atoms with E-state index >= 15 is 0 Å². The van der Waals surface area contributed by atoms with Crippen molar-refractivity contribution in [3.8, 4) is 5.75 Å². The number of nitrogens with one attached hydrogen (secondary N) is 1. The van der Waals surface area contributed by atoms with Crippen LogP contribution in [0.5, 0.6) is 5.75 Å². The molecule has 2 N–H and O–H groups in total.